The molecule has 0 rings (SSSR count). The van der Waals surface area contributed by atoms with Gasteiger partial charge in [0.1, 0.15) is 0 Å². The molecular formula is C15H29O3P. The minimum atomic E-state index is -0.782. The Balaban J connectivity index is 5.21. The van der Waals surface area contributed by atoms with Crippen LogP contribution in [0.1, 0.15) is 67.7 Å². The monoisotopic (exact) mass is 288 g/mol. The topological polar surface area (TPSA) is 54.4 Å². The quantitative estimate of drug-likeness (QED) is 0.671. The average Bonchev–Trinajstić information content (AvgIpc) is 2.12. The second-order valence-electron chi connectivity index (χ2n) is 7.96. The van der Waals surface area contributed by atoms with Gasteiger partial charge >= 0.3 is 5.97 Å². The summed E-state index contributed by atoms with van der Waals surface area (Å²) in [5.41, 5.74) is 0.120. The molecule has 0 saturated carbocycles. The minimum absolute atomic E-state index is 0.0470. The zero-order valence-corrected chi connectivity index (χ0v) is 14.3. The maximum Gasteiger partial charge on any atom is 0.303 e. The molecule has 19 heavy (non-hydrogen) atoms. The van der Waals surface area contributed by atoms with Gasteiger partial charge < -0.3 is 5.11 Å². The molecule has 0 aromatic heterocycles. The lowest BCUT2D eigenvalue weighted by atomic mass is 9.64. The first-order valence-corrected chi connectivity index (χ1v) is 7.69. The molecule has 0 radical (unpaired) electrons. The fraction of sp³-hybridized carbons (Fsp3) is 0.933. The van der Waals surface area contributed by atoms with Crippen molar-refractivity contribution >= 4 is 14.4 Å². The van der Waals surface area contributed by atoms with E-state index in [-0.39, 0.29) is 31.6 Å². The Kier molecular flexibility index (Phi) is 6.20. The lowest BCUT2D eigenvalue weighted by molar-refractivity contribution is -0.137. The third kappa shape index (κ3) is 6.51. The number of rotatable bonds is 7. The van der Waals surface area contributed by atoms with Crippen LogP contribution in [0.2, 0.25) is 0 Å². The van der Waals surface area contributed by atoms with E-state index in [4.69, 9.17) is 5.11 Å². The number of hydrogen-bond donors (Lipinski definition) is 1. The lowest BCUT2D eigenvalue weighted by Gasteiger charge is -2.44. The van der Waals surface area contributed by atoms with E-state index in [1.165, 1.54) is 0 Å². The molecule has 0 aliphatic rings. The highest BCUT2D eigenvalue weighted by Gasteiger charge is 2.42. The van der Waals surface area contributed by atoms with E-state index >= 15 is 0 Å². The van der Waals surface area contributed by atoms with Gasteiger partial charge in [0.05, 0.1) is 0 Å². The van der Waals surface area contributed by atoms with E-state index in [9.17, 15) is 9.36 Å². The SMILES string of the molecule is CC(C)(C)CC(C)(C)[C@H](CCC(=O)O)C(C)(C)P=O. The highest BCUT2D eigenvalue weighted by molar-refractivity contribution is 7.25. The van der Waals surface area contributed by atoms with Gasteiger partial charge in [0.2, 0.25) is 0 Å². The molecule has 0 heterocycles. The number of hydrogen-bond acceptors (Lipinski definition) is 2. The zero-order chi connectivity index (χ0) is 15.5. The third-order valence-electron chi connectivity index (χ3n) is 3.66. The summed E-state index contributed by atoms with van der Waals surface area (Å²) in [4.78, 5) is 10.9. The Hall–Kier alpha value is -0.430. The molecular weight excluding hydrogens is 259 g/mol. The molecule has 0 aromatic carbocycles. The number of carbonyl (C=O) groups is 1. The molecule has 0 spiro atoms. The molecule has 0 aliphatic carbocycles. The minimum Gasteiger partial charge on any atom is -0.481 e. The van der Waals surface area contributed by atoms with Gasteiger partial charge in [-0.05, 0) is 43.4 Å². The van der Waals surface area contributed by atoms with E-state index in [1.807, 2.05) is 13.8 Å². The fourth-order valence-corrected chi connectivity index (χ4v) is 4.13. The maximum atomic E-state index is 11.5. The largest absolute Gasteiger partial charge is 0.481 e. The highest BCUT2D eigenvalue weighted by atomic mass is 31.1. The van der Waals surface area contributed by atoms with Crippen LogP contribution in [-0.4, -0.2) is 16.2 Å². The van der Waals surface area contributed by atoms with Crippen LogP contribution >= 0.6 is 8.46 Å². The first-order chi connectivity index (χ1) is 8.32. The van der Waals surface area contributed by atoms with Crippen LogP contribution in [0.3, 0.4) is 0 Å². The van der Waals surface area contributed by atoms with Crippen LogP contribution in [0, 0.1) is 16.7 Å². The molecule has 0 saturated heterocycles. The molecule has 0 unspecified atom stereocenters. The van der Waals surface area contributed by atoms with E-state index in [0.29, 0.717) is 6.42 Å². The van der Waals surface area contributed by atoms with Crippen LogP contribution in [0.4, 0.5) is 0 Å². The lowest BCUT2D eigenvalue weighted by Crippen LogP contribution is -2.40. The Bertz CT molecular complexity index is 327. The van der Waals surface area contributed by atoms with Gasteiger partial charge in [0, 0.05) is 11.6 Å². The van der Waals surface area contributed by atoms with Crippen LogP contribution in [0.5, 0.6) is 0 Å². The van der Waals surface area contributed by atoms with Crippen LogP contribution in [0.25, 0.3) is 0 Å². The van der Waals surface area contributed by atoms with Crippen molar-refractivity contribution in [3.05, 3.63) is 0 Å². The van der Waals surface area contributed by atoms with Gasteiger partial charge in [-0.3, -0.25) is 9.36 Å². The summed E-state index contributed by atoms with van der Waals surface area (Å²) < 4.78 is 11.5. The van der Waals surface area contributed by atoms with Gasteiger partial charge in [-0.2, -0.15) is 0 Å². The smallest absolute Gasteiger partial charge is 0.303 e. The predicted octanol–water partition coefficient (Wildman–Crippen LogP) is 5.00. The van der Waals surface area contributed by atoms with Gasteiger partial charge in [0.25, 0.3) is 0 Å². The Morgan fingerprint density at radius 1 is 1.11 bits per heavy atom. The molecule has 0 amide bonds. The highest BCUT2D eigenvalue weighted by Crippen LogP contribution is 2.49. The molecule has 4 heteroatoms. The third-order valence-corrected chi connectivity index (χ3v) is 4.45. The van der Waals surface area contributed by atoms with Crippen molar-refractivity contribution in [2.24, 2.45) is 16.7 Å². The summed E-state index contributed by atoms with van der Waals surface area (Å²) in [5, 5.41) is 8.52. The molecule has 1 N–H and O–H groups in total. The molecule has 0 aromatic rings. The van der Waals surface area contributed by atoms with Crippen LogP contribution in [0.15, 0.2) is 0 Å². The first kappa shape index (κ1) is 18.6. The van der Waals surface area contributed by atoms with Crippen molar-refractivity contribution in [2.75, 3.05) is 0 Å². The van der Waals surface area contributed by atoms with Crippen molar-refractivity contribution in [3.8, 4) is 0 Å². The zero-order valence-electron chi connectivity index (χ0n) is 13.4. The van der Waals surface area contributed by atoms with Crippen molar-refractivity contribution in [3.63, 3.8) is 0 Å². The summed E-state index contributed by atoms with van der Waals surface area (Å²) >= 11 is 0. The summed E-state index contributed by atoms with van der Waals surface area (Å²) in [7, 11) is 0.0910. The molecule has 1 atom stereocenters. The van der Waals surface area contributed by atoms with Crippen molar-refractivity contribution < 1.29 is 14.5 Å². The fourth-order valence-electron chi connectivity index (χ4n) is 3.52. The van der Waals surface area contributed by atoms with E-state index < -0.39 is 11.1 Å². The van der Waals surface area contributed by atoms with Gasteiger partial charge in [-0.25, -0.2) is 0 Å². The van der Waals surface area contributed by atoms with Gasteiger partial charge in [0.15, 0.2) is 8.46 Å². The van der Waals surface area contributed by atoms with Crippen molar-refractivity contribution in [2.45, 2.75) is 72.9 Å². The summed E-state index contributed by atoms with van der Waals surface area (Å²) in [5.74, 6) is -0.676. The van der Waals surface area contributed by atoms with Crippen LogP contribution < -0.4 is 0 Å². The normalized spacial score (nSPS) is 15.5. The van der Waals surface area contributed by atoms with Crippen molar-refractivity contribution in [1.82, 2.24) is 0 Å². The number of aliphatic carboxylic acids is 1. The number of carboxylic acids is 1. The molecule has 0 fully saturated rings. The number of carboxylic acid groups (broad SMARTS) is 1. The summed E-state index contributed by atoms with van der Waals surface area (Å²) in [6, 6.07) is 0. The molecule has 0 bridgehead atoms. The second kappa shape index (κ2) is 6.35. The maximum absolute atomic E-state index is 11.5. The Morgan fingerprint density at radius 3 is 1.89 bits per heavy atom. The predicted molar refractivity (Wildman–Crippen MR) is 79.9 cm³/mol. The Morgan fingerprint density at radius 2 is 1.58 bits per heavy atom. The summed E-state index contributed by atoms with van der Waals surface area (Å²) in [6.45, 7) is 14.8. The van der Waals surface area contributed by atoms with E-state index in [2.05, 4.69) is 34.6 Å². The average molecular weight is 288 g/mol. The Labute approximate surface area is 119 Å². The van der Waals surface area contributed by atoms with Gasteiger partial charge in [-0.15, -0.1) is 0 Å². The second-order valence-corrected chi connectivity index (χ2v) is 9.29. The molecule has 3 nitrogen and oxygen atoms in total. The standard InChI is InChI=1S/C15H29O3P/c1-13(2,3)10-14(4,5)11(8-9-12(16)17)15(6,7)19-18/h11H,8-10H2,1-7H3,(H,16,17)/t11-/m0/s1. The summed E-state index contributed by atoms with van der Waals surface area (Å²) in [6.07, 6.45) is 1.68. The molecule has 0 aliphatic heterocycles. The first-order valence-electron chi connectivity index (χ1n) is 6.88. The van der Waals surface area contributed by atoms with Crippen LogP contribution in [-0.2, 0) is 9.36 Å². The molecule has 112 valence electrons. The van der Waals surface area contributed by atoms with Crippen molar-refractivity contribution in [1.29, 1.82) is 0 Å². The van der Waals surface area contributed by atoms with E-state index in [0.717, 1.165) is 6.42 Å². The van der Waals surface area contributed by atoms with Gasteiger partial charge in [-0.1, -0.05) is 34.6 Å². The van der Waals surface area contributed by atoms with E-state index in [1.54, 1.807) is 0 Å².